The van der Waals surface area contributed by atoms with E-state index in [1.54, 1.807) is 19.9 Å². The van der Waals surface area contributed by atoms with E-state index in [0.717, 1.165) is 0 Å². The quantitative estimate of drug-likeness (QED) is 0.756. The van der Waals surface area contributed by atoms with Crippen LogP contribution in [-0.2, 0) is 29.1 Å². The van der Waals surface area contributed by atoms with Crippen LogP contribution < -0.4 is 4.72 Å². The summed E-state index contributed by atoms with van der Waals surface area (Å²) in [4.78, 5) is 23.6. The van der Waals surface area contributed by atoms with Crippen molar-refractivity contribution in [1.29, 1.82) is 0 Å². The molecule has 0 bridgehead atoms. The maximum atomic E-state index is 12.4. The van der Waals surface area contributed by atoms with Crippen LogP contribution in [0.15, 0.2) is 29.2 Å². The van der Waals surface area contributed by atoms with Crippen molar-refractivity contribution in [3.8, 4) is 0 Å². The number of hydrogen-bond donors (Lipinski definition) is 1. The molecule has 1 fully saturated rings. The summed E-state index contributed by atoms with van der Waals surface area (Å²) >= 11 is 5.81. The molecule has 1 N–H and O–H groups in total. The van der Waals surface area contributed by atoms with Gasteiger partial charge in [-0.25, -0.2) is 13.2 Å². The second kappa shape index (κ2) is 7.50. The van der Waals surface area contributed by atoms with Crippen molar-refractivity contribution in [3.05, 3.63) is 29.3 Å². The minimum Gasteiger partial charge on any atom is -0.463 e. The lowest BCUT2D eigenvalue weighted by molar-refractivity contribution is -0.162. The van der Waals surface area contributed by atoms with Gasteiger partial charge in [-0.05, 0) is 24.1 Å². The van der Waals surface area contributed by atoms with Crippen LogP contribution in [0, 0.1) is 5.92 Å². The first-order valence-corrected chi connectivity index (χ1v) is 9.22. The molecule has 0 aromatic heterocycles. The number of carbonyl (C=O) groups is 2. The monoisotopic (exact) mass is 375 g/mol. The number of cyclic esters (lactones) is 1. The van der Waals surface area contributed by atoms with Gasteiger partial charge < -0.3 is 9.47 Å². The normalized spacial score (nSPS) is 19.2. The summed E-state index contributed by atoms with van der Waals surface area (Å²) in [5.41, 5.74) is 0. The summed E-state index contributed by atoms with van der Waals surface area (Å²) in [5, 5.41) is 0.259. The lowest BCUT2D eigenvalue weighted by Crippen LogP contribution is -2.46. The number of ether oxygens (including phenoxy) is 2. The molecule has 0 unspecified atom stereocenters. The Morgan fingerprint density at radius 2 is 2.12 bits per heavy atom. The predicted molar refractivity (Wildman–Crippen MR) is 85.9 cm³/mol. The Morgan fingerprint density at radius 3 is 2.67 bits per heavy atom. The van der Waals surface area contributed by atoms with Crippen LogP contribution in [-0.4, -0.2) is 39.1 Å². The molecule has 2 rings (SSSR count). The molecule has 0 spiro atoms. The van der Waals surface area contributed by atoms with Crippen LogP contribution in [0.4, 0.5) is 0 Å². The highest BCUT2D eigenvalue weighted by Crippen LogP contribution is 2.18. The van der Waals surface area contributed by atoms with E-state index in [4.69, 9.17) is 21.1 Å². The summed E-state index contributed by atoms with van der Waals surface area (Å²) in [5.74, 6) is -1.83. The van der Waals surface area contributed by atoms with E-state index in [9.17, 15) is 18.0 Å². The Kier molecular flexibility index (Phi) is 5.84. The average molecular weight is 376 g/mol. The highest BCUT2D eigenvalue weighted by atomic mass is 35.5. The number of nitrogens with one attached hydrogen (secondary N) is 1. The zero-order chi connectivity index (χ0) is 17.9. The molecule has 1 saturated heterocycles. The molecule has 7 nitrogen and oxygen atoms in total. The Labute approximate surface area is 145 Å². The van der Waals surface area contributed by atoms with Gasteiger partial charge in [0, 0.05) is 11.4 Å². The van der Waals surface area contributed by atoms with Crippen molar-refractivity contribution < 1.29 is 27.5 Å². The van der Waals surface area contributed by atoms with Gasteiger partial charge in [0.1, 0.15) is 6.04 Å². The van der Waals surface area contributed by atoms with Gasteiger partial charge in [0.25, 0.3) is 0 Å². The Hall–Kier alpha value is -1.64. The van der Waals surface area contributed by atoms with Crippen LogP contribution in [0.5, 0.6) is 0 Å². The molecule has 0 aliphatic carbocycles. The largest absolute Gasteiger partial charge is 0.463 e. The predicted octanol–water partition coefficient (Wildman–Crippen LogP) is 1.50. The third kappa shape index (κ3) is 4.46. The second-order valence-electron chi connectivity index (χ2n) is 5.68. The fraction of sp³-hybridized carbons (Fsp3) is 0.467. The van der Waals surface area contributed by atoms with Crippen LogP contribution in [0.1, 0.15) is 20.3 Å². The fourth-order valence-corrected chi connectivity index (χ4v) is 3.76. The Bertz CT molecular complexity index is 733. The maximum Gasteiger partial charge on any atom is 0.347 e. The minimum atomic E-state index is -3.97. The van der Waals surface area contributed by atoms with E-state index in [0.29, 0.717) is 0 Å². The van der Waals surface area contributed by atoms with Crippen molar-refractivity contribution >= 4 is 33.6 Å². The molecule has 1 aromatic rings. The molecule has 9 heteroatoms. The maximum absolute atomic E-state index is 12.4. The molecule has 0 amide bonds. The summed E-state index contributed by atoms with van der Waals surface area (Å²) < 4.78 is 37.0. The van der Waals surface area contributed by atoms with Crippen molar-refractivity contribution in [3.63, 3.8) is 0 Å². The van der Waals surface area contributed by atoms with Crippen molar-refractivity contribution in [1.82, 2.24) is 4.72 Å². The van der Waals surface area contributed by atoms with E-state index < -0.39 is 34.1 Å². The first-order chi connectivity index (χ1) is 11.2. The van der Waals surface area contributed by atoms with Gasteiger partial charge in [0.15, 0.2) is 0 Å². The van der Waals surface area contributed by atoms with Gasteiger partial charge in [0.2, 0.25) is 16.1 Å². The molecule has 132 valence electrons. The summed E-state index contributed by atoms with van der Waals surface area (Å²) in [6.45, 7) is 3.51. The number of hydrogen-bond acceptors (Lipinski definition) is 6. The molecule has 1 aromatic carbocycles. The second-order valence-corrected chi connectivity index (χ2v) is 7.83. The van der Waals surface area contributed by atoms with Gasteiger partial charge in [-0.1, -0.05) is 31.5 Å². The SMILES string of the molecule is CC(C)[C@H](NS(=O)(=O)c1cccc(Cl)c1)C(=O)O[C@@H]1CCOC1=O. The molecule has 0 saturated carbocycles. The lowest BCUT2D eigenvalue weighted by atomic mass is 10.1. The Morgan fingerprint density at radius 1 is 1.42 bits per heavy atom. The molecule has 24 heavy (non-hydrogen) atoms. The number of halogens is 1. The standard InChI is InChI=1S/C15H18ClNO6S/c1-9(2)13(15(19)23-12-6-7-22-14(12)18)17-24(20,21)11-5-3-4-10(16)8-11/h3-5,8-9,12-13,17H,6-7H2,1-2H3/t12-,13+/m1/s1. The Balaban J connectivity index is 2.15. The molecule has 1 heterocycles. The van der Waals surface area contributed by atoms with Crippen LogP contribution in [0.3, 0.4) is 0 Å². The average Bonchev–Trinajstić information content (AvgIpc) is 2.89. The third-order valence-electron chi connectivity index (χ3n) is 3.45. The van der Waals surface area contributed by atoms with Crippen LogP contribution in [0.2, 0.25) is 5.02 Å². The molecule has 0 radical (unpaired) electrons. The van der Waals surface area contributed by atoms with E-state index in [-0.39, 0.29) is 28.9 Å². The lowest BCUT2D eigenvalue weighted by Gasteiger charge is -2.22. The van der Waals surface area contributed by atoms with Crippen molar-refractivity contribution in [2.45, 2.75) is 37.3 Å². The van der Waals surface area contributed by atoms with Gasteiger partial charge >= 0.3 is 11.9 Å². The summed E-state index contributed by atoms with van der Waals surface area (Å²) in [6, 6.07) is 4.54. The van der Waals surface area contributed by atoms with Gasteiger partial charge in [-0.2, -0.15) is 4.72 Å². The fourth-order valence-electron chi connectivity index (χ4n) is 2.12. The number of carbonyl (C=O) groups excluding carboxylic acids is 2. The molecule has 2 atom stereocenters. The zero-order valence-corrected chi connectivity index (χ0v) is 14.8. The molecule has 1 aliphatic heterocycles. The molecule has 1 aliphatic rings. The first-order valence-electron chi connectivity index (χ1n) is 7.36. The highest BCUT2D eigenvalue weighted by Gasteiger charge is 2.35. The molecular formula is C15H18ClNO6S. The minimum absolute atomic E-state index is 0.0614. The summed E-state index contributed by atoms with van der Waals surface area (Å²) in [7, 11) is -3.97. The van der Waals surface area contributed by atoms with Crippen LogP contribution in [0.25, 0.3) is 0 Å². The third-order valence-corrected chi connectivity index (χ3v) is 5.13. The van der Waals surface area contributed by atoms with E-state index in [1.165, 1.54) is 18.2 Å². The van der Waals surface area contributed by atoms with Crippen molar-refractivity contribution in [2.75, 3.05) is 6.61 Å². The van der Waals surface area contributed by atoms with E-state index in [2.05, 4.69) is 4.72 Å². The number of benzene rings is 1. The zero-order valence-electron chi connectivity index (χ0n) is 13.2. The van der Waals surface area contributed by atoms with Gasteiger partial charge in [-0.3, -0.25) is 4.79 Å². The number of esters is 2. The molecular weight excluding hydrogens is 358 g/mol. The van der Waals surface area contributed by atoms with Crippen LogP contribution >= 0.6 is 11.6 Å². The van der Waals surface area contributed by atoms with E-state index >= 15 is 0 Å². The first kappa shape index (κ1) is 18.7. The topological polar surface area (TPSA) is 98.8 Å². The van der Waals surface area contributed by atoms with Crippen molar-refractivity contribution in [2.24, 2.45) is 5.92 Å². The summed E-state index contributed by atoms with van der Waals surface area (Å²) in [6.07, 6.45) is -0.731. The smallest absolute Gasteiger partial charge is 0.347 e. The number of rotatable bonds is 6. The highest BCUT2D eigenvalue weighted by molar-refractivity contribution is 7.89. The van der Waals surface area contributed by atoms with Gasteiger partial charge in [0.05, 0.1) is 11.5 Å². The van der Waals surface area contributed by atoms with Gasteiger partial charge in [-0.15, -0.1) is 0 Å². The van der Waals surface area contributed by atoms with E-state index in [1.807, 2.05) is 0 Å². The number of sulfonamides is 1.